The average molecular weight is 557 g/mol. The van der Waals surface area contributed by atoms with Gasteiger partial charge in [-0.15, -0.1) is 0 Å². The van der Waals surface area contributed by atoms with E-state index >= 15 is 0 Å². The highest BCUT2D eigenvalue weighted by molar-refractivity contribution is 5.95. The Morgan fingerprint density at radius 3 is 2.50 bits per heavy atom. The van der Waals surface area contributed by atoms with Gasteiger partial charge in [0.1, 0.15) is 0 Å². The fourth-order valence-corrected chi connectivity index (χ4v) is 7.06. The Morgan fingerprint density at radius 1 is 1.15 bits per heavy atom. The molecule has 1 aliphatic heterocycles. The molecule has 2 saturated carbocycles. The second-order valence-corrected chi connectivity index (χ2v) is 13.0. The summed E-state index contributed by atoms with van der Waals surface area (Å²) in [5.74, 6) is 0.460. The van der Waals surface area contributed by atoms with Crippen LogP contribution in [0.5, 0.6) is 0 Å². The summed E-state index contributed by atoms with van der Waals surface area (Å²) in [6.07, 6.45) is 8.72. The molecule has 3 atom stereocenters. The molecule has 2 aliphatic carbocycles. The molecule has 0 aromatic heterocycles. The molecule has 1 aromatic rings. The van der Waals surface area contributed by atoms with E-state index in [-0.39, 0.29) is 36.2 Å². The summed E-state index contributed by atoms with van der Waals surface area (Å²) in [6.45, 7) is 4.43. The number of carbonyl (C=O) groups is 3. The van der Waals surface area contributed by atoms with Gasteiger partial charge in [0.25, 0.3) is 0 Å². The number of amides is 3. The highest BCUT2D eigenvalue weighted by atomic mass is 16.5. The van der Waals surface area contributed by atoms with Gasteiger partial charge in [-0.3, -0.25) is 9.59 Å². The number of aliphatic hydroxyl groups is 1. The first-order valence-corrected chi connectivity index (χ1v) is 15.0. The van der Waals surface area contributed by atoms with Crippen LogP contribution in [0.15, 0.2) is 24.3 Å². The Bertz CT molecular complexity index is 1050. The highest BCUT2D eigenvalue weighted by Crippen LogP contribution is 2.52. The van der Waals surface area contributed by atoms with Gasteiger partial charge in [0.15, 0.2) is 0 Å². The molecule has 1 heterocycles. The van der Waals surface area contributed by atoms with Crippen molar-refractivity contribution in [3.8, 4) is 0 Å². The van der Waals surface area contributed by atoms with Crippen molar-refractivity contribution in [1.29, 1.82) is 0 Å². The van der Waals surface area contributed by atoms with Crippen LogP contribution >= 0.6 is 0 Å². The van der Waals surface area contributed by atoms with Gasteiger partial charge in [-0.05, 0) is 61.5 Å². The van der Waals surface area contributed by atoms with E-state index in [1.54, 1.807) is 4.90 Å². The van der Waals surface area contributed by atoms with Crippen LogP contribution in [0.3, 0.4) is 0 Å². The highest BCUT2D eigenvalue weighted by Gasteiger charge is 2.50. The lowest BCUT2D eigenvalue weighted by atomic mass is 9.57. The molecule has 222 valence electrons. The Hall–Kier alpha value is -2.65. The number of benzene rings is 1. The lowest BCUT2D eigenvalue weighted by Gasteiger charge is -2.48. The van der Waals surface area contributed by atoms with E-state index in [0.29, 0.717) is 25.3 Å². The number of rotatable bonds is 10. The van der Waals surface area contributed by atoms with Crippen molar-refractivity contribution >= 4 is 23.6 Å². The number of fused-ring (bicyclic) bond motifs is 1. The Labute approximate surface area is 238 Å². The molecule has 4 rings (SSSR count). The number of alkyl carbamates (subject to hydrolysis) is 1. The minimum absolute atomic E-state index is 0.0665. The topological polar surface area (TPSA) is 134 Å². The van der Waals surface area contributed by atoms with Crippen molar-refractivity contribution in [2.24, 2.45) is 22.5 Å². The number of hydrogen-bond donors (Lipinski definition) is 4. The first kappa shape index (κ1) is 30.3. The normalized spacial score (nSPS) is 22.3. The molecule has 0 radical (unpaired) electrons. The molecule has 0 bridgehead atoms. The molecule has 9 nitrogen and oxygen atoms in total. The summed E-state index contributed by atoms with van der Waals surface area (Å²) < 4.78 is 4.76. The third-order valence-corrected chi connectivity index (χ3v) is 9.43. The molecule has 1 aromatic carbocycles. The summed E-state index contributed by atoms with van der Waals surface area (Å²) in [5, 5.41) is 16.7. The van der Waals surface area contributed by atoms with Crippen molar-refractivity contribution < 1.29 is 24.2 Å². The molecule has 0 saturated heterocycles. The maximum absolute atomic E-state index is 13.6. The molecule has 40 heavy (non-hydrogen) atoms. The maximum atomic E-state index is 13.6. The van der Waals surface area contributed by atoms with Crippen molar-refractivity contribution in [3.63, 3.8) is 0 Å². The van der Waals surface area contributed by atoms with E-state index in [4.69, 9.17) is 10.5 Å². The molecule has 0 spiro atoms. The van der Waals surface area contributed by atoms with Crippen LogP contribution in [0.4, 0.5) is 10.5 Å². The molecule has 3 aliphatic rings. The SMILES string of the molecule is COC(=O)NC1Cc2ccccc2N(C(=O)CC(C)(C)C[C@H](N)[C@@H](O)CNC(=O)C2(C3CCCCC3)CCC2)C1. The first-order chi connectivity index (χ1) is 19.0. The number of nitrogens with zero attached hydrogens (tertiary/aromatic N) is 1. The zero-order valence-electron chi connectivity index (χ0n) is 24.4. The quantitative estimate of drug-likeness (QED) is 0.348. The standard InChI is InChI=1S/C31H48N4O5/c1-30(2,18-27(37)35-20-23(34-29(39)40-3)16-21-10-7-8-13-25(21)35)17-24(32)26(36)19-33-28(38)31(14-9-15-31)22-11-5-4-6-12-22/h7-8,10,13,22-24,26,36H,4-6,9,11-12,14-20,32H2,1-3H3,(H,33,38)(H,34,39)/t23?,24-,26-/m0/s1. The first-order valence-electron chi connectivity index (χ1n) is 15.0. The van der Waals surface area contributed by atoms with Gasteiger partial charge in [0, 0.05) is 31.2 Å². The van der Waals surface area contributed by atoms with Crippen LogP contribution < -0.4 is 21.3 Å². The molecule has 5 N–H and O–H groups in total. The van der Waals surface area contributed by atoms with Crippen molar-refractivity contribution in [1.82, 2.24) is 10.6 Å². The molecular formula is C31H48N4O5. The number of nitrogens with one attached hydrogen (secondary N) is 2. The van der Waals surface area contributed by atoms with Gasteiger partial charge in [-0.1, -0.05) is 57.7 Å². The van der Waals surface area contributed by atoms with Crippen molar-refractivity contribution in [2.75, 3.05) is 25.1 Å². The summed E-state index contributed by atoms with van der Waals surface area (Å²) >= 11 is 0. The number of methoxy groups -OCH3 is 1. The predicted molar refractivity (Wildman–Crippen MR) is 155 cm³/mol. The number of hydrogen-bond acceptors (Lipinski definition) is 6. The lowest BCUT2D eigenvalue weighted by molar-refractivity contribution is -0.142. The molecule has 3 amide bonds. The van der Waals surface area contributed by atoms with Crippen molar-refractivity contribution in [2.45, 2.75) is 103 Å². The monoisotopic (exact) mass is 556 g/mol. The largest absolute Gasteiger partial charge is 0.453 e. The second kappa shape index (κ2) is 12.9. The smallest absolute Gasteiger partial charge is 0.407 e. The van der Waals surface area contributed by atoms with Gasteiger partial charge in [0.05, 0.1) is 24.7 Å². The van der Waals surface area contributed by atoms with Crippen molar-refractivity contribution in [3.05, 3.63) is 29.8 Å². The zero-order valence-corrected chi connectivity index (χ0v) is 24.4. The average Bonchev–Trinajstić information content (AvgIpc) is 2.90. The Kier molecular flexibility index (Phi) is 9.77. The van der Waals surface area contributed by atoms with Gasteiger partial charge >= 0.3 is 6.09 Å². The molecule has 9 heteroatoms. The minimum Gasteiger partial charge on any atom is -0.453 e. The minimum atomic E-state index is -0.897. The maximum Gasteiger partial charge on any atom is 0.407 e. The van der Waals surface area contributed by atoms with Crippen LogP contribution in [0.25, 0.3) is 0 Å². The molecule has 2 fully saturated rings. The van der Waals surface area contributed by atoms with Crippen LogP contribution in [-0.2, 0) is 20.7 Å². The summed E-state index contributed by atoms with van der Waals surface area (Å²) in [4.78, 5) is 40.4. The number of carbonyl (C=O) groups excluding carboxylic acids is 3. The van der Waals surface area contributed by atoms with E-state index in [0.717, 1.165) is 43.4 Å². The van der Waals surface area contributed by atoms with E-state index in [1.165, 1.54) is 26.4 Å². The summed E-state index contributed by atoms with van der Waals surface area (Å²) in [7, 11) is 1.32. The number of nitrogens with two attached hydrogens (primary N) is 1. The Balaban J connectivity index is 1.32. The number of anilines is 1. The zero-order chi connectivity index (χ0) is 28.9. The number of para-hydroxylation sites is 1. The fraction of sp³-hybridized carbons (Fsp3) is 0.710. The molecule has 1 unspecified atom stereocenters. The van der Waals surface area contributed by atoms with E-state index in [1.807, 2.05) is 38.1 Å². The lowest BCUT2D eigenvalue weighted by Crippen LogP contribution is -2.54. The van der Waals surface area contributed by atoms with Crippen LogP contribution in [0, 0.1) is 16.7 Å². The van der Waals surface area contributed by atoms with Gasteiger partial charge in [-0.25, -0.2) is 4.79 Å². The van der Waals surface area contributed by atoms with Crippen LogP contribution in [0.1, 0.15) is 83.6 Å². The van der Waals surface area contributed by atoms with E-state index in [2.05, 4.69) is 10.6 Å². The van der Waals surface area contributed by atoms with E-state index in [9.17, 15) is 19.5 Å². The third-order valence-electron chi connectivity index (χ3n) is 9.43. The number of aliphatic hydroxyl groups excluding tert-OH is 1. The summed E-state index contributed by atoms with van der Waals surface area (Å²) in [5.41, 5.74) is 7.51. The van der Waals surface area contributed by atoms with Gasteiger partial charge in [0.2, 0.25) is 11.8 Å². The van der Waals surface area contributed by atoms with Crippen LogP contribution in [-0.4, -0.2) is 61.4 Å². The second-order valence-electron chi connectivity index (χ2n) is 13.0. The fourth-order valence-electron chi connectivity index (χ4n) is 7.06. The Morgan fingerprint density at radius 2 is 1.85 bits per heavy atom. The van der Waals surface area contributed by atoms with E-state index < -0.39 is 23.7 Å². The van der Waals surface area contributed by atoms with Gasteiger partial charge < -0.3 is 31.1 Å². The predicted octanol–water partition coefficient (Wildman–Crippen LogP) is 3.66. The van der Waals surface area contributed by atoms with Gasteiger partial charge in [-0.2, -0.15) is 0 Å². The summed E-state index contributed by atoms with van der Waals surface area (Å²) in [6, 6.07) is 6.88. The third kappa shape index (κ3) is 6.97. The van der Waals surface area contributed by atoms with Crippen LogP contribution in [0.2, 0.25) is 0 Å². The number of ether oxygens (including phenoxy) is 1. The molecular weight excluding hydrogens is 508 g/mol.